The minimum Gasteiger partial charge on any atom is -0.489 e. The Morgan fingerprint density at radius 1 is 1.05 bits per heavy atom. The highest BCUT2D eigenvalue weighted by atomic mass is 16.5. The van der Waals surface area contributed by atoms with E-state index in [0.717, 1.165) is 64.8 Å². The summed E-state index contributed by atoms with van der Waals surface area (Å²) < 4.78 is 6.23. The molecule has 0 spiro atoms. The van der Waals surface area contributed by atoms with Crippen molar-refractivity contribution >= 4 is 11.9 Å². The molecule has 1 aliphatic heterocycles. The van der Waals surface area contributed by atoms with E-state index in [9.17, 15) is 10.1 Å². The Morgan fingerprint density at radius 2 is 1.72 bits per heavy atom. The average molecular weight is 529 g/mol. The third-order valence-corrected chi connectivity index (χ3v) is 6.47. The Hall–Kier alpha value is -3.58. The number of nitrogens with one attached hydrogen (secondary N) is 1. The lowest BCUT2D eigenvalue weighted by molar-refractivity contribution is -0.113. The van der Waals surface area contributed by atoms with Crippen LogP contribution in [-0.4, -0.2) is 18.4 Å². The molecular formula is C35H48N2O2. The Morgan fingerprint density at radius 3 is 2.26 bits per heavy atom. The van der Waals surface area contributed by atoms with Gasteiger partial charge in [-0.1, -0.05) is 84.7 Å². The highest BCUT2D eigenvalue weighted by molar-refractivity contribution is 5.94. The fourth-order valence-corrected chi connectivity index (χ4v) is 4.41. The summed E-state index contributed by atoms with van der Waals surface area (Å²) in [6.07, 6.45) is 10.3. The first-order chi connectivity index (χ1) is 18.9. The van der Waals surface area contributed by atoms with E-state index in [1.165, 1.54) is 0 Å². The third kappa shape index (κ3) is 9.59. The topological polar surface area (TPSA) is 62.1 Å². The molecule has 3 rings (SSSR count). The Kier molecular flexibility index (Phi) is 15.3. The van der Waals surface area contributed by atoms with Crippen LogP contribution in [0.2, 0.25) is 0 Å². The van der Waals surface area contributed by atoms with E-state index in [1.54, 1.807) is 6.92 Å². The Bertz CT molecular complexity index is 1210. The van der Waals surface area contributed by atoms with Crippen LogP contribution in [0.4, 0.5) is 0 Å². The molecule has 1 heterocycles. The molecule has 1 aliphatic rings. The highest BCUT2D eigenvalue weighted by Gasteiger charge is 2.15. The summed E-state index contributed by atoms with van der Waals surface area (Å²) in [5, 5.41) is 13.2. The van der Waals surface area contributed by atoms with Crippen LogP contribution in [-0.2, 0) is 4.79 Å². The van der Waals surface area contributed by atoms with Crippen LogP contribution < -0.4 is 10.1 Å². The van der Waals surface area contributed by atoms with Crippen molar-refractivity contribution < 1.29 is 9.53 Å². The molecule has 2 aromatic rings. The molecular weight excluding hydrogens is 480 g/mol. The molecule has 0 bridgehead atoms. The van der Waals surface area contributed by atoms with Gasteiger partial charge >= 0.3 is 0 Å². The van der Waals surface area contributed by atoms with Crippen LogP contribution in [0, 0.1) is 18.3 Å². The monoisotopic (exact) mass is 528 g/mol. The standard InChI is InChI=1S/C31H36N2O2.2C2H6/c1-6-9-28(10-7-2)35-31-16-14-25(18-27(31)19-32)29-12-8-11-24(22(29)4)17-21(3)30-15-13-26(20-33-30)23(5)34;2*1-2/h8,11-18,28,33H,6-7,9-10,20H2,1-5H3;2*1-2H3/b21-17+;;. The van der Waals surface area contributed by atoms with Crippen LogP contribution in [0.25, 0.3) is 17.2 Å². The molecule has 0 aromatic heterocycles. The second-order valence-corrected chi connectivity index (χ2v) is 9.17. The van der Waals surface area contributed by atoms with Crippen molar-refractivity contribution in [3.8, 4) is 22.9 Å². The van der Waals surface area contributed by atoms with Crippen molar-refractivity contribution in [3.63, 3.8) is 0 Å². The molecule has 1 N–H and O–H groups in total. The lowest BCUT2D eigenvalue weighted by Gasteiger charge is -2.19. The van der Waals surface area contributed by atoms with Crippen molar-refractivity contribution in [3.05, 3.63) is 82.1 Å². The SMILES string of the molecule is CC.CC.CCCC(CCC)Oc1ccc(-c2cccc(/C=C(\C)C3=CC=C(C(C)=O)CN3)c2C)cc1C#N. The van der Waals surface area contributed by atoms with Gasteiger partial charge in [-0.25, -0.2) is 0 Å². The van der Waals surface area contributed by atoms with E-state index in [1.807, 2.05) is 64.1 Å². The predicted molar refractivity (Wildman–Crippen MR) is 167 cm³/mol. The molecule has 4 heteroatoms. The van der Waals surface area contributed by atoms with Crippen LogP contribution in [0.1, 0.15) is 97.8 Å². The van der Waals surface area contributed by atoms with Gasteiger partial charge in [-0.2, -0.15) is 5.26 Å². The largest absolute Gasteiger partial charge is 0.489 e. The molecule has 0 saturated heterocycles. The first-order valence-electron chi connectivity index (χ1n) is 14.5. The molecule has 0 fully saturated rings. The molecule has 4 nitrogen and oxygen atoms in total. The number of hydrogen-bond donors (Lipinski definition) is 1. The maximum absolute atomic E-state index is 11.6. The smallest absolute Gasteiger partial charge is 0.157 e. The highest BCUT2D eigenvalue weighted by Crippen LogP contribution is 2.32. The fourth-order valence-electron chi connectivity index (χ4n) is 4.41. The Labute approximate surface area is 237 Å². The quantitative estimate of drug-likeness (QED) is 0.334. The first kappa shape index (κ1) is 33.4. The van der Waals surface area contributed by atoms with E-state index >= 15 is 0 Å². The number of ether oxygens (including phenoxy) is 1. The van der Waals surface area contributed by atoms with E-state index in [-0.39, 0.29) is 11.9 Å². The van der Waals surface area contributed by atoms with Gasteiger partial charge in [0.25, 0.3) is 0 Å². The zero-order chi connectivity index (χ0) is 29.4. The minimum absolute atomic E-state index is 0.0948. The molecule has 39 heavy (non-hydrogen) atoms. The molecule has 0 unspecified atom stereocenters. The van der Waals surface area contributed by atoms with Gasteiger partial charge in [0.05, 0.1) is 11.7 Å². The van der Waals surface area contributed by atoms with Crippen LogP contribution >= 0.6 is 0 Å². The second kappa shape index (κ2) is 17.8. The summed E-state index contributed by atoms with van der Waals surface area (Å²) in [6, 6.07) is 14.5. The van der Waals surface area contributed by atoms with Gasteiger partial charge in [0.1, 0.15) is 11.8 Å². The summed E-state index contributed by atoms with van der Waals surface area (Å²) in [5.74, 6) is 0.762. The number of benzene rings is 2. The van der Waals surface area contributed by atoms with Crippen molar-refractivity contribution in [1.82, 2.24) is 5.32 Å². The van der Waals surface area contributed by atoms with E-state index in [2.05, 4.69) is 57.3 Å². The Balaban J connectivity index is 0.00000181. The number of allylic oxidation sites excluding steroid dienone is 3. The number of ketones is 1. The number of carbonyl (C=O) groups excluding carboxylic acids is 1. The summed E-state index contributed by atoms with van der Waals surface area (Å²) >= 11 is 0. The molecule has 0 saturated carbocycles. The molecule has 0 radical (unpaired) electrons. The minimum atomic E-state index is 0.0948. The van der Waals surface area contributed by atoms with Gasteiger partial charge in [-0.3, -0.25) is 4.79 Å². The summed E-state index contributed by atoms with van der Waals surface area (Å²) in [5.41, 5.74) is 7.84. The molecule has 0 aliphatic carbocycles. The number of rotatable bonds is 10. The summed E-state index contributed by atoms with van der Waals surface area (Å²) in [4.78, 5) is 11.6. The third-order valence-electron chi connectivity index (χ3n) is 6.47. The zero-order valence-corrected chi connectivity index (χ0v) is 25.6. The molecule has 2 aromatic carbocycles. The van der Waals surface area contributed by atoms with Crippen molar-refractivity contribution in [1.29, 1.82) is 5.26 Å². The lowest BCUT2D eigenvalue weighted by atomic mass is 9.94. The van der Waals surface area contributed by atoms with Crippen molar-refractivity contribution in [2.45, 2.75) is 94.1 Å². The average Bonchev–Trinajstić information content (AvgIpc) is 2.97. The van der Waals surface area contributed by atoms with Crippen LogP contribution in [0.15, 0.2) is 65.4 Å². The number of nitriles is 1. The number of carbonyl (C=O) groups is 1. The number of nitrogens with zero attached hydrogens (tertiary/aromatic N) is 1. The van der Waals surface area contributed by atoms with Crippen LogP contribution in [0.3, 0.4) is 0 Å². The molecule has 210 valence electrons. The second-order valence-electron chi connectivity index (χ2n) is 9.17. The number of hydrogen-bond acceptors (Lipinski definition) is 4. The van der Waals surface area contributed by atoms with E-state index in [0.29, 0.717) is 17.9 Å². The lowest BCUT2D eigenvalue weighted by Crippen LogP contribution is -2.23. The zero-order valence-electron chi connectivity index (χ0n) is 25.6. The molecule has 0 atom stereocenters. The van der Waals surface area contributed by atoms with Gasteiger partial charge in [0, 0.05) is 17.8 Å². The summed E-state index contributed by atoms with van der Waals surface area (Å²) in [6.45, 7) is 18.6. The fraction of sp³-hybridized carbons (Fsp3) is 0.429. The molecule has 0 amide bonds. The van der Waals surface area contributed by atoms with E-state index in [4.69, 9.17) is 4.74 Å². The number of dihydropyridines is 1. The van der Waals surface area contributed by atoms with Gasteiger partial charge in [-0.05, 0) is 85.7 Å². The number of Topliss-reactive ketones (excluding diaryl/α,β-unsaturated/α-hetero) is 1. The van der Waals surface area contributed by atoms with Crippen molar-refractivity contribution in [2.24, 2.45) is 0 Å². The normalized spacial score (nSPS) is 12.5. The van der Waals surface area contributed by atoms with Gasteiger partial charge in [-0.15, -0.1) is 0 Å². The van der Waals surface area contributed by atoms with Gasteiger partial charge in [0.15, 0.2) is 5.78 Å². The van der Waals surface area contributed by atoms with Gasteiger partial charge in [0.2, 0.25) is 0 Å². The maximum atomic E-state index is 11.6. The van der Waals surface area contributed by atoms with Crippen molar-refractivity contribution in [2.75, 3.05) is 6.54 Å². The van der Waals surface area contributed by atoms with Gasteiger partial charge < -0.3 is 10.1 Å². The first-order valence-corrected chi connectivity index (χ1v) is 14.5. The van der Waals surface area contributed by atoms with Crippen LogP contribution in [0.5, 0.6) is 5.75 Å². The summed E-state index contributed by atoms with van der Waals surface area (Å²) in [7, 11) is 0. The predicted octanol–water partition coefficient (Wildman–Crippen LogP) is 9.34. The maximum Gasteiger partial charge on any atom is 0.157 e. The van der Waals surface area contributed by atoms with E-state index < -0.39 is 0 Å².